The number of hydrogen-bond donors (Lipinski definition) is 2. The van der Waals surface area contributed by atoms with Crippen molar-refractivity contribution in [3.8, 4) is 0 Å². The van der Waals surface area contributed by atoms with Crippen molar-refractivity contribution >= 4 is 33.8 Å². The Balaban J connectivity index is 1.83. The van der Waals surface area contributed by atoms with Crippen LogP contribution in [0.15, 0.2) is 22.7 Å². The van der Waals surface area contributed by atoms with Gasteiger partial charge in [-0.1, -0.05) is 12.1 Å². The summed E-state index contributed by atoms with van der Waals surface area (Å²) in [5, 5.41) is 4.87. The third kappa shape index (κ3) is 2.21. The lowest BCUT2D eigenvalue weighted by molar-refractivity contribution is -0.123. The Bertz CT molecular complexity index is 661. The average Bonchev–Trinajstić information content (AvgIpc) is 2.97. The number of urea groups is 1. The summed E-state index contributed by atoms with van der Waals surface area (Å²) in [6.45, 7) is 2.55. The Morgan fingerprint density at radius 3 is 2.81 bits per heavy atom. The van der Waals surface area contributed by atoms with E-state index in [1.54, 1.807) is 11.0 Å². The Morgan fingerprint density at radius 1 is 1.38 bits per heavy atom. The molecule has 1 aromatic rings. The highest BCUT2D eigenvalue weighted by molar-refractivity contribution is 9.10. The van der Waals surface area contributed by atoms with E-state index >= 15 is 0 Å². The van der Waals surface area contributed by atoms with E-state index in [4.69, 9.17) is 0 Å². The van der Waals surface area contributed by atoms with Crippen molar-refractivity contribution in [3.63, 3.8) is 0 Å². The lowest BCUT2D eigenvalue weighted by Crippen LogP contribution is -2.49. The summed E-state index contributed by atoms with van der Waals surface area (Å²) in [6, 6.07) is 4.99. The fourth-order valence-corrected chi connectivity index (χ4v) is 3.22. The number of likely N-dealkylation sites (tertiary alicyclic amines) is 1. The Kier molecular flexibility index (Phi) is 3.24. The Morgan fingerprint density at radius 2 is 2.14 bits per heavy atom. The molecule has 1 aromatic carbocycles. The third-order valence-corrected chi connectivity index (χ3v) is 5.05. The SMILES string of the molecule is Cc1cccc(C(=O)N2CCC3(C2)NC(=O)NC3=O)c1Br. The van der Waals surface area contributed by atoms with Crippen molar-refractivity contribution in [2.75, 3.05) is 13.1 Å². The van der Waals surface area contributed by atoms with Crippen LogP contribution in [0.4, 0.5) is 4.79 Å². The van der Waals surface area contributed by atoms with Gasteiger partial charge < -0.3 is 10.2 Å². The molecule has 6 nitrogen and oxygen atoms in total. The molecule has 2 saturated heterocycles. The van der Waals surface area contributed by atoms with Crippen LogP contribution in [0.3, 0.4) is 0 Å². The first-order chi connectivity index (χ1) is 9.93. The quantitative estimate of drug-likeness (QED) is 0.745. The fraction of sp³-hybridized carbons (Fsp3) is 0.357. The molecule has 110 valence electrons. The maximum atomic E-state index is 12.6. The number of carbonyl (C=O) groups is 3. The molecule has 0 aromatic heterocycles. The van der Waals surface area contributed by atoms with Gasteiger partial charge in [0.15, 0.2) is 0 Å². The van der Waals surface area contributed by atoms with Crippen LogP contribution in [-0.2, 0) is 4.79 Å². The topological polar surface area (TPSA) is 78.5 Å². The highest BCUT2D eigenvalue weighted by Gasteiger charge is 2.51. The van der Waals surface area contributed by atoms with E-state index < -0.39 is 11.6 Å². The number of nitrogens with one attached hydrogen (secondary N) is 2. The van der Waals surface area contributed by atoms with Crippen molar-refractivity contribution in [2.45, 2.75) is 18.9 Å². The highest BCUT2D eigenvalue weighted by Crippen LogP contribution is 2.28. The van der Waals surface area contributed by atoms with Gasteiger partial charge in [0, 0.05) is 11.0 Å². The summed E-state index contributed by atoms with van der Waals surface area (Å²) in [4.78, 5) is 37.4. The van der Waals surface area contributed by atoms with Crippen LogP contribution in [0.25, 0.3) is 0 Å². The molecule has 2 fully saturated rings. The number of benzene rings is 1. The molecule has 2 aliphatic heterocycles. The maximum Gasteiger partial charge on any atom is 0.322 e. The molecule has 1 spiro atoms. The lowest BCUT2D eigenvalue weighted by atomic mass is 9.99. The molecular formula is C14H14BrN3O3. The number of nitrogens with zero attached hydrogens (tertiary/aromatic N) is 1. The van der Waals surface area contributed by atoms with Gasteiger partial charge in [-0.15, -0.1) is 0 Å². The van der Waals surface area contributed by atoms with Crippen LogP contribution in [0.2, 0.25) is 0 Å². The summed E-state index contributed by atoms with van der Waals surface area (Å²) in [6.07, 6.45) is 0.430. The number of aryl methyl sites for hydroxylation is 1. The molecule has 2 heterocycles. The molecule has 2 aliphatic rings. The number of rotatable bonds is 1. The molecule has 0 saturated carbocycles. The molecule has 21 heavy (non-hydrogen) atoms. The van der Waals surface area contributed by atoms with Crippen LogP contribution in [0, 0.1) is 6.92 Å². The smallest absolute Gasteiger partial charge is 0.322 e. The fourth-order valence-electron chi connectivity index (χ4n) is 2.78. The van der Waals surface area contributed by atoms with Gasteiger partial charge >= 0.3 is 6.03 Å². The molecule has 0 bridgehead atoms. The van der Waals surface area contributed by atoms with E-state index in [9.17, 15) is 14.4 Å². The van der Waals surface area contributed by atoms with Gasteiger partial charge in [-0.3, -0.25) is 14.9 Å². The summed E-state index contributed by atoms with van der Waals surface area (Å²) in [5.41, 5.74) is 0.571. The summed E-state index contributed by atoms with van der Waals surface area (Å²) in [5.74, 6) is -0.498. The van der Waals surface area contributed by atoms with Gasteiger partial charge in [0.1, 0.15) is 5.54 Å². The van der Waals surface area contributed by atoms with E-state index in [0.717, 1.165) is 10.0 Å². The van der Waals surface area contributed by atoms with E-state index in [1.165, 1.54) is 0 Å². The normalized spacial score (nSPS) is 24.4. The second-order valence-corrected chi connectivity index (χ2v) is 6.20. The van der Waals surface area contributed by atoms with Gasteiger partial charge in [0.2, 0.25) is 0 Å². The minimum Gasteiger partial charge on any atom is -0.336 e. The zero-order chi connectivity index (χ0) is 15.2. The van der Waals surface area contributed by atoms with E-state index in [1.807, 2.05) is 19.1 Å². The van der Waals surface area contributed by atoms with Crippen LogP contribution < -0.4 is 10.6 Å². The molecule has 2 N–H and O–H groups in total. The summed E-state index contributed by atoms with van der Waals surface area (Å²) in [7, 11) is 0. The molecule has 1 atom stereocenters. The minimum absolute atomic E-state index is 0.142. The van der Waals surface area contributed by atoms with Crippen molar-refractivity contribution in [3.05, 3.63) is 33.8 Å². The second kappa shape index (κ2) is 4.84. The van der Waals surface area contributed by atoms with Crippen molar-refractivity contribution in [1.29, 1.82) is 0 Å². The van der Waals surface area contributed by atoms with Gasteiger partial charge in [-0.2, -0.15) is 0 Å². The molecule has 0 aliphatic carbocycles. The summed E-state index contributed by atoms with van der Waals surface area (Å²) >= 11 is 3.43. The maximum absolute atomic E-state index is 12.6. The number of halogens is 1. The van der Waals surface area contributed by atoms with Gasteiger partial charge in [-0.05, 0) is 40.9 Å². The number of carbonyl (C=O) groups excluding carboxylic acids is 3. The van der Waals surface area contributed by atoms with E-state index in [2.05, 4.69) is 26.6 Å². The van der Waals surface area contributed by atoms with E-state index in [-0.39, 0.29) is 18.4 Å². The zero-order valence-corrected chi connectivity index (χ0v) is 13.0. The lowest BCUT2D eigenvalue weighted by Gasteiger charge is -2.21. The zero-order valence-electron chi connectivity index (χ0n) is 11.4. The van der Waals surface area contributed by atoms with Crippen LogP contribution in [0.1, 0.15) is 22.3 Å². The van der Waals surface area contributed by atoms with Crippen LogP contribution >= 0.6 is 15.9 Å². The van der Waals surface area contributed by atoms with Crippen LogP contribution in [0.5, 0.6) is 0 Å². The molecule has 1 unspecified atom stereocenters. The first-order valence-corrected chi connectivity index (χ1v) is 7.40. The largest absolute Gasteiger partial charge is 0.336 e. The first-order valence-electron chi connectivity index (χ1n) is 6.61. The van der Waals surface area contributed by atoms with Crippen molar-refractivity contribution < 1.29 is 14.4 Å². The minimum atomic E-state index is -0.969. The van der Waals surface area contributed by atoms with E-state index in [0.29, 0.717) is 18.5 Å². The third-order valence-electron chi connectivity index (χ3n) is 3.99. The molecular weight excluding hydrogens is 338 g/mol. The van der Waals surface area contributed by atoms with Crippen molar-refractivity contribution in [2.24, 2.45) is 0 Å². The highest BCUT2D eigenvalue weighted by atomic mass is 79.9. The monoisotopic (exact) mass is 351 g/mol. The number of amides is 4. The Hall–Kier alpha value is -1.89. The molecule has 4 amide bonds. The molecule has 0 radical (unpaired) electrons. The standard InChI is InChI=1S/C14H14BrN3O3/c1-8-3-2-4-9(10(8)15)11(19)18-6-5-14(7-18)12(20)16-13(21)17-14/h2-4H,5-7H2,1H3,(H2,16,17,20,21). The first kappa shape index (κ1) is 14.1. The number of hydrogen-bond acceptors (Lipinski definition) is 3. The average molecular weight is 352 g/mol. The molecule has 7 heteroatoms. The second-order valence-electron chi connectivity index (χ2n) is 5.40. The van der Waals surface area contributed by atoms with Gasteiger partial charge in [-0.25, -0.2) is 4.79 Å². The Labute approximate surface area is 130 Å². The summed E-state index contributed by atoms with van der Waals surface area (Å²) < 4.78 is 0.760. The van der Waals surface area contributed by atoms with Crippen LogP contribution in [-0.4, -0.2) is 41.4 Å². The predicted octanol–water partition coefficient (Wildman–Crippen LogP) is 1.18. The predicted molar refractivity (Wildman–Crippen MR) is 78.8 cm³/mol. The van der Waals surface area contributed by atoms with Gasteiger partial charge in [0.05, 0.1) is 12.1 Å². The molecule has 3 rings (SSSR count). The van der Waals surface area contributed by atoms with Gasteiger partial charge in [0.25, 0.3) is 11.8 Å². The number of imide groups is 1. The van der Waals surface area contributed by atoms with Crippen molar-refractivity contribution in [1.82, 2.24) is 15.5 Å².